The Labute approximate surface area is 119 Å². The van der Waals surface area contributed by atoms with Crippen molar-refractivity contribution in [1.82, 2.24) is 4.98 Å². The van der Waals surface area contributed by atoms with Crippen molar-refractivity contribution in [2.24, 2.45) is 0 Å². The summed E-state index contributed by atoms with van der Waals surface area (Å²) in [6.07, 6.45) is 1.96. The minimum absolute atomic E-state index is 0.520. The van der Waals surface area contributed by atoms with Crippen LogP contribution in [-0.2, 0) is 6.61 Å². The minimum atomic E-state index is 0.520. The fourth-order valence-electron chi connectivity index (χ4n) is 2.04. The van der Waals surface area contributed by atoms with Crippen LogP contribution in [-0.4, -0.2) is 4.98 Å². The van der Waals surface area contributed by atoms with Crippen LogP contribution in [0.25, 0.3) is 10.9 Å². The van der Waals surface area contributed by atoms with Gasteiger partial charge in [-0.05, 0) is 40.2 Å². The lowest BCUT2D eigenvalue weighted by atomic mass is 10.2. The highest BCUT2D eigenvalue weighted by Crippen LogP contribution is 2.26. The molecular weight excluding hydrogens is 304 g/mol. The molecule has 0 bridgehead atoms. The third-order valence-electron chi connectivity index (χ3n) is 3.01. The summed E-state index contributed by atoms with van der Waals surface area (Å²) in [6.45, 7) is 0.520. The number of nitrogens with one attached hydrogen (secondary N) is 1. The van der Waals surface area contributed by atoms with Crippen LogP contribution in [0.4, 0.5) is 5.69 Å². The van der Waals surface area contributed by atoms with E-state index in [1.165, 1.54) is 0 Å². The summed E-state index contributed by atoms with van der Waals surface area (Å²) < 4.78 is 6.78. The van der Waals surface area contributed by atoms with Gasteiger partial charge in [0.2, 0.25) is 0 Å². The Kier molecular flexibility index (Phi) is 3.17. The van der Waals surface area contributed by atoms with E-state index in [1.54, 1.807) is 0 Å². The standard InChI is InChI=1S/C15H13BrN2O/c16-13-3-1-2-4-15(13)19-9-10-8-18-14-7-11(17)5-6-12(10)14/h1-8,18H,9,17H2. The van der Waals surface area contributed by atoms with E-state index in [0.717, 1.165) is 32.4 Å². The summed E-state index contributed by atoms with van der Waals surface area (Å²) >= 11 is 3.47. The molecule has 1 heterocycles. The molecule has 3 aromatic rings. The Morgan fingerprint density at radius 1 is 1.16 bits per heavy atom. The van der Waals surface area contributed by atoms with E-state index >= 15 is 0 Å². The number of anilines is 1. The first-order chi connectivity index (χ1) is 9.24. The number of H-pyrrole nitrogens is 1. The number of nitrogens with two attached hydrogens (primary N) is 1. The topological polar surface area (TPSA) is 51.0 Å². The van der Waals surface area contributed by atoms with Gasteiger partial charge in [-0.25, -0.2) is 0 Å². The lowest BCUT2D eigenvalue weighted by molar-refractivity contribution is 0.305. The van der Waals surface area contributed by atoms with Crippen LogP contribution in [0.2, 0.25) is 0 Å². The number of ether oxygens (including phenoxy) is 1. The van der Waals surface area contributed by atoms with E-state index < -0.39 is 0 Å². The van der Waals surface area contributed by atoms with Crippen LogP contribution in [0.3, 0.4) is 0 Å². The Balaban J connectivity index is 1.84. The number of halogens is 1. The van der Waals surface area contributed by atoms with Crippen molar-refractivity contribution in [3.05, 3.63) is 58.7 Å². The first-order valence-electron chi connectivity index (χ1n) is 5.97. The van der Waals surface area contributed by atoms with Gasteiger partial charge in [-0.1, -0.05) is 18.2 Å². The summed E-state index contributed by atoms with van der Waals surface area (Å²) in [5.74, 6) is 0.840. The molecule has 0 unspecified atom stereocenters. The molecule has 0 aliphatic carbocycles. The number of hydrogen-bond donors (Lipinski definition) is 2. The third kappa shape index (κ3) is 2.44. The molecule has 0 saturated carbocycles. The zero-order chi connectivity index (χ0) is 13.2. The summed E-state index contributed by atoms with van der Waals surface area (Å²) in [4.78, 5) is 3.21. The van der Waals surface area contributed by atoms with Gasteiger partial charge in [0.25, 0.3) is 0 Å². The molecule has 0 fully saturated rings. The maximum Gasteiger partial charge on any atom is 0.133 e. The SMILES string of the molecule is Nc1ccc2c(COc3ccccc3Br)c[nH]c2c1. The molecule has 96 valence electrons. The number of fused-ring (bicyclic) bond motifs is 1. The van der Waals surface area contributed by atoms with Crippen molar-refractivity contribution in [2.75, 3.05) is 5.73 Å². The number of aromatic nitrogens is 1. The smallest absolute Gasteiger partial charge is 0.133 e. The van der Waals surface area contributed by atoms with Gasteiger partial charge in [-0.3, -0.25) is 0 Å². The van der Waals surface area contributed by atoms with Crippen molar-refractivity contribution < 1.29 is 4.74 Å². The van der Waals surface area contributed by atoms with Crippen LogP contribution in [0.1, 0.15) is 5.56 Å². The molecule has 2 aromatic carbocycles. The quantitative estimate of drug-likeness (QED) is 0.715. The summed E-state index contributed by atoms with van der Waals surface area (Å²) in [7, 11) is 0. The van der Waals surface area contributed by atoms with Gasteiger partial charge in [0, 0.05) is 28.4 Å². The van der Waals surface area contributed by atoms with Crippen LogP contribution in [0.5, 0.6) is 5.75 Å². The zero-order valence-electron chi connectivity index (χ0n) is 10.2. The van der Waals surface area contributed by atoms with Crippen LogP contribution >= 0.6 is 15.9 Å². The van der Waals surface area contributed by atoms with E-state index in [4.69, 9.17) is 10.5 Å². The van der Waals surface area contributed by atoms with Gasteiger partial charge < -0.3 is 15.5 Å². The van der Waals surface area contributed by atoms with Gasteiger partial charge in [0.1, 0.15) is 12.4 Å². The normalized spacial score (nSPS) is 10.8. The van der Waals surface area contributed by atoms with E-state index in [2.05, 4.69) is 20.9 Å². The highest BCUT2D eigenvalue weighted by Gasteiger charge is 2.06. The Hall–Kier alpha value is -1.94. The number of aromatic amines is 1. The predicted octanol–water partition coefficient (Wildman–Crippen LogP) is 4.09. The molecular formula is C15H13BrN2O. The molecule has 3 rings (SSSR count). The summed E-state index contributed by atoms with van der Waals surface area (Å²) in [5.41, 5.74) is 8.67. The van der Waals surface area contributed by atoms with Crippen molar-refractivity contribution in [3.63, 3.8) is 0 Å². The van der Waals surface area contributed by atoms with Crippen LogP contribution < -0.4 is 10.5 Å². The molecule has 0 aliphatic heterocycles. The fraction of sp³-hybridized carbons (Fsp3) is 0.0667. The number of benzene rings is 2. The molecule has 0 aliphatic rings. The molecule has 0 atom stereocenters. The maximum absolute atomic E-state index is 5.82. The number of hydrogen-bond acceptors (Lipinski definition) is 2. The Bertz CT molecular complexity index is 721. The van der Waals surface area contributed by atoms with Gasteiger partial charge in [-0.15, -0.1) is 0 Å². The molecule has 0 spiro atoms. The first kappa shape index (κ1) is 12.1. The molecule has 1 aromatic heterocycles. The van der Waals surface area contributed by atoms with E-state index in [0.29, 0.717) is 6.61 Å². The monoisotopic (exact) mass is 316 g/mol. The van der Waals surface area contributed by atoms with E-state index in [-0.39, 0.29) is 0 Å². The molecule has 4 heteroatoms. The molecule has 0 radical (unpaired) electrons. The average Bonchev–Trinajstić information content (AvgIpc) is 2.80. The van der Waals surface area contributed by atoms with E-state index in [9.17, 15) is 0 Å². The number of para-hydroxylation sites is 1. The highest BCUT2D eigenvalue weighted by atomic mass is 79.9. The van der Waals surface area contributed by atoms with Crippen molar-refractivity contribution in [2.45, 2.75) is 6.61 Å². The predicted molar refractivity (Wildman–Crippen MR) is 81.2 cm³/mol. The van der Waals surface area contributed by atoms with Crippen LogP contribution in [0, 0.1) is 0 Å². The van der Waals surface area contributed by atoms with Gasteiger partial charge in [-0.2, -0.15) is 0 Å². The maximum atomic E-state index is 5.82. The molecule has 3 N–H and O–H groups in total. The van der Waals surface area contributed by atoms with Crippen LogP contribution in [0.15, 0.2) is 53.1 Å². The fourth-order valence-corrected chi connectivity index (χ4v) is 2.44. The lowest BCUT2D eigenvalue weighted by Gasteiger charge is -2.07. The van der Waals surface area contributed by atoms with Gasteiger partial charge in [0.05, 0.1) is 4.47 Å². The second kappa shape index (κ2) is 4.97. The zero-order valence-corrected chi connectivity index (χ0v) is 11.8. The lowest BCUT2D eigenvalue weighted by Crippen LogP contribution is -1.95. The highest BCUT2D eigenvalue weighted by molar-refractivity contribution is 9.10. The van der Waals surface area contributed by atoms with Crippen molar-refractivity contribution in [3.8, 4) is 5.75 Å². The van der Waals surface area contributed by atoms with Crippen molar-refractivity contribution in [1.29, 1.82) is 0 Å². The first-order valence-corrected chi connectivity index (χ1v) is 6.76. The summed E-state index contributed by atoms with van der Waals surface area (Å²) in [6, 6.07) is 13.7. The Morgan fingerprint density at radius 2 is 2.00 bits per heavy atom. The second-order valence-electron chi connectivity index (χ2n) is 4.34. The third-order valence-corrected chi connectivity index (χ3v) is 3.67. The van der Waals surface area contributed by atoms with E-state index in [1.807, 2.05) is 48.7 Å². The molecule has 0 saturated heterocycles. The molecule has 19 heavy (non-hydrogen) atoms. The minimum Gasteiger partial charge on any atom is -0.488 e. The molecule has 0 amide bonds. The molecule has 3 nitrogen and oxygen atoms in total. The van der Waals surface area contributed by atoms with Crippen molar-refractivity contribution >= 4 is 32.5 Å². The number of nitrogen functional groups attached to an aromatic ring is 1. The largest absolute Gasteiger partial charge is 0.488 e. The second-order valence-corrected chi connectivity index (χ2v) is 5.19. The Morgan fingerprint density at radius 3 is 2.84 bits per heavy atom. The van der Waals surface area contributed by atoms with Gasteiger partial charge >= 0.3 is 0 Å². The number of rotatable bonds is 3. The van der Waals surface area contributed by atoms with Gasteiger partial charge in [0.15, 0.2) is 0 Å². The summed E-state index contributed by atoms with van der Waals surface area (Å²) in [5, 5.41) is 1.14. The average molecular weight is 317 g/mol.